The summed E-state index contributed by atoms with van der Waals surface area (Å²) in [6, 6.07) is 0. The van der Waals surface area contributed by atoms with E-state index in [4.69, 9.17) is 23.3 Å². The molecule has 0 radical (unpaired) electrons. The van der Waals surface area contributed by atoms with Crippen molar-refractivity contribution in [2.45, 2.75) is 236 Å². The van der Waals surface area contributed by atoms with E-state index in [1.54, 1.807) is 0 Å². The van der Waals surface area contributed by atoms with Crippen molar-refractivity contribution in [2.75, 3.05) is 13.2 Å². The topological polar surface area (TPSA) is 222 Å². The summed E-state index contributed by atoms with van der Waals surface area (Å²) in [6.45, 7) is 3.22. The number of ether oxygens (including phenoxy) is 3. The number of carbonyl (C=O) groups excluding carboxylic acids is 2. The molecule has 2 rings (SSSR count). The van der Waals surface area contributed by atoms with Crippen molar-refractivity contribution in [3.05, 3.63) is 36.5 Å². The molecule has 10 atom stereocenters. The lowest BCUT2D eigenvalue weighted by Gasteiger charge is -2.41. The molecule has 2 fully saturated rings. The zero-order valence-electron chi connectivity index (χ0n) is 37.9. The molecule has 6 N–H and O–H groups in total. The van der Waals surface area contributed by atoms with Crippen molar-refractivity contribution >= 4 is 19.8 Å². The maximum Gasteiger partial charge on any atom is 0.472 e. The summed E-state index contributed by atoms with van der Waals surface area (Å²) < 4.78 is 39.3. The molecule has 1 saturated heterocycles. The number of rotatable bonds is 38. The smallest absolute Gasteiger partial charge is 0.462 e. The number of esters is 2. The summed E-state index contributed by atoms with van der Waals surface area (Å²) in [5.74, 6) is -1.17. The van der Waals surface area contributed by atoms with Gasteiger partial charge in [-0.3, -0.25) is 18.6 Å². The number of allylic oxidation sites excluding steroid dienone is 4. The molecule has 14 nitrogen and oxygen atoms in total. The molecular weight excluding hydrogens is 819 g/mol. The van der Waals surface area contributed by atoms with Crippen LogP contribution in [-0.4, -0.2) is 111 Å². The number of aliphatic hydroxyl groups is 5. The summed E-state index contributed by atoms with van der Waals surface area (Å²) >= 11 is 0. The Bertz CT molecular complexity index is 1290. The molecule has 5 unspecified atom stereocenters. The SMILES string of the molecule is CCCCC/C=C\C/C=C\CC1OC1C/C=C\CCCC(=O)OC[C@H](COP(=O)(O)OC1[C@H](O)[C@H](O)C(O)[C@H](O)[C@H]1O)OC(=O)CCCCCCCCCCCCCCCCC. The maximum atomic E-state index is 12.8. The molecule has 1 saturated carbocycles. The molecule has 15 heteroatoms. The van der Waals surface area contributed by atoms with Crippen LogP contribution in [0.2, 0.25) is 0 Å². The molecule has 0 aromatic rings. The first kappa shape index (κ1) is 56.2. The van der Waals surface area contributed by atoms with Crippen LogP contribution in [0, 0.1) is 0 Å². The predicted octanol–water partition coefficient (Wildman–Crippen LogP) is 8.38. The fourth-order valence-electron chi connectivity index (χ4n) is 7.38. The van der Waals surface area contributed by atoms with Gasteiger partial charge >= 0.3 is 19.8 Å². The number of carbonyl (C=O) groups is 2. The van der Waals surface area contributed by atoms with Crippen LogP contribution in [0.3, 0.4) is 0 Å². The van der Waals surface area contributed by atoms with E-state index in [1.807, 2.05) is 6.08 Å². The third kappa shape index (κ3) is 26.1. The van der Waals surface area contributed by atoms with Crippen LogP contribution in [0.15, 0.2) is 36.5 Å². The van der Waals surface area contributed by atoms with Gasteiger partial charge in [0.2, 0.25) is 0 Å². The minimum Gasteiger partial charge on any atom is -0.462 e. The van der Waals surface area contributed by atoms with E-state index < -0.39 is 75.7 Å². The van der Waals surface area contributed by atoms with Crippen molar-refractivity contribution in [2.24, 2.45) is 0 Å². The van der Waals surface area contributed by atoms with E-state index in [-0.39, 0.29) is 25.0 Å². The molecule has 0 spiro atoms. The van der Waals surface area contributed by atoms with Crippen LogP contribution in [0.5, 0.6) is 0 Å². The predicted molar refractivity (Wildman–Crippen MR) is 239 cm³/mol. The molecule has 2 aliphatic rings. The zero-order chi connectivity index (χ0) is 45.4. The van der Waals surface area contributed by atoms with Gasteiger partial charge in [-0.1, -0.05) is 153 Å². The Kier molecular flexibility index (Phi) is 31.1. The number of hydrogen-bond acceptors (Lipinski definition) is 13. The highest BCUT2D eigenvalue weighted by Gasteiger charge is 2.51. The number of hydrogen-bond donors (Lipinski definition) is 6. The van der Waals surface area contributed by atoms with E-state index in [2.05, 4.69) is 44.2 Å². The number of aliphatic hydroxyl groups excluding tert-OH is 5. The first-order valence-electron chi connectivity index (χ1n) is 23.9. The minimum atomic E-state index is -5.13. The average molecular weight is 903 g/mol. The molecule has 1 heterocycles. The van der Waals surface area contributed by atoms with Gasteiger partial charge < -0.3 is 44.6 Å². The van der Waals surface area contributed by atoms with Gasteiger partial charge in [0.1, 0.15) is 43.2 Å². The fraction of sp³-hybridized carbons (Fsp3) is 0.830. The molecule has 0 bridgehead atoms. The molecular formula is C47H83O14P. The third-order valence-corrected chi connectivity index (χ3v) is 12.4. The zero-order valence-corrected chi connectivity index (χ0v) is 38.8. The van der Waals surface area contributed by atoms with Gasteiger partial charge in [0.15, 0.2) is 6.10 Å². The van der Waals surface area contributed by atoms with Gasteiger partial charge in [-0.2, -0.15) is 0 Å². The molecule has 1 aliphatic carbocycles. The van der Waals surface area contributed by atoms with E-state index in [9.17, 15) is 44.6 Å². The Morgan fingerprint density at radius 3 is 1.60 bits per heavy atom. The normalized spacial score (nSPS) is 25.4. The van der Waals surface area contributed by atoms with E-state index in [1.165, 1.54) is 83.5 Å². The molecule has 0 aromatic heterocycles. The highest BCUT2D eigenvalue weighted by Crippen LogP contribution is 2.47. The highest BCUT2D eigenvalue weighted by atomic mass is 31.2. The summed E-state index contributed by atoms with van der Waals surface area (Å²) in [5.41, 5.74) is 0. The van der Waals surface area contributed by atoms with Gasteiger partial charge in [-0.15, -0.1) is 0 Å². The number of phosphoric acid groups is 1. The Hall–Kier alpha value is -1.97. The van der Waals surface area contributed by atoms with E-state index in [0.717, 1.165) is 51.4 Å². The molecule has 360 valence electrons. The average Bonchev–Trinajstić information content (AvgIpc) is 4.01. The number of epoxide rings is 1. The van der Waals surface area contributed by atoms with Crippen molar-refractivity contribution < 1.29 is 67.8 Å². The quantitative estimate of drug-likeness (QED) is 0.0113. The monoisotopic (exact) mass is 903 g/mol. The Balaban J connectivity index is 1.72. The first-order valence-corrected chi connectivity index (χ1v) is 25.4. The number of phosphoric ester groups is 1. The second-order valence-electron chi connectivity index (χ2n) is 17.0. The lowest BCUT2D eigenvalue weighted by atomic mass is 9.85. The fourth-order valence-corrected chi connectivity index (χ4v) is 8.35. The Morgan fingerprint density at radius 1 is 0.565 bits per heavy atom. The summed E-state index contributed by atoms with van der Waals surface area (Å²) in [6.07, 6.45) is 26.5. The van der Waals surface area contributed by atoms with E-state index >= 15 is 0 Å². The molecule has 0 amide bonds. The van der Waals surface area contributed by atoms with Crippen LogP contribution < -0.4 is 0 Å². The van der Waals surface area contributed by atoms with Gasteiger partial charge in [0.05, 0.1) is 18.8 Å². The number of unbranched alkanes of at least 4 members (excludes halogenated alkanes) is 18. The highest BCUT2D eigenvalue weighted by molar-refractivity contribution is 7.47. The third-order valence-electron chi connectivity index (χ3n) is 11.4. The van der Waals surface area contributed by atoms with Crippen LogP contribution in [0.25, 0.3) is 0 Å². The van der Waals surface area contributed by atoms with E-state index in [0.29, 0.717) is 19.3 Å². The molecule has 62 heavy (non-hydrogen) atoms. The van der Waals surface area contributed by atoms with Gasteiger partial charge in [-0.05, 0) is 51.4 Å². The standard InChI is InChI=1S/C47H83O14P/c1-3-5-7-9-11-13-14-15-16-17-18-20-22-24-30-34-41(49)59-37(36-58-62(55,56)61-47-45(53)43(51)42(50)44(52)46(47)54)35-57-40(48)33-29-26-25-28-32-39-38(60-39)31-27-23-21-19-12-10-8-6-4-2/h12,19,23,25,27-28,37-39,42-47,50-54H,3-11,13-18,20-22,24,26,29-36H2,1-2H3,(H,55,56)/b19-12-,27-23-,28-25-/t37-,38?,39?,42?,43-,44+,45-,46-,47?/m1/s1. The Labute approximate surface area is 372 Å². The van der Waals surface area contributed by atoms with Gasteiger partial charge in [0, 0.05) is 12.8 Å². The largest absolute Gasteiger partial charge is 0.472 e. The lowest BCUT2D eigenvalue weighted by Crippen LogP contribution is -2.64. The van der Waals surface area contributed by atoms with Crippen LogP contribution in [-0.2, 0) is 37.4 Å². The van der Waals surface area contributed by atoms with Crippen LogP contribution in [0.4, 0.5) is 0 Å². The molecule has 1 aliphatic heterocycles. The lowest BCUT2D eigenvalue weighted by molar-refractivity contribution is -0.220. The first-order chi connectivity index (χ1) is 29.9. The van der Waals surface area contributed by atoms with Gasteiger partial charge in [0.25, 0.3) is 0 Å². The maximum absolute atomic E-state index is 12.8. The van der Waals surface area contributed by atoms with Crippen LogP contribution >= 0.6 is 7.82 Å². The van der Waals surface area contributed by atoms with Gasteiger partial charge in [-0.25, -0.2) is 4.57 Å². The second kappa shape index (κ2) is 34.4. The minimum absolute atomic E-state index is 0.0843. The summed E-state index contributed by atoms with van der Waals surface area (Å²) in [5, 5.41) is 50.2. The molecule has 0 aromatic carbocycles. The van der Waals surface area contributed by atoms with Crippen molar-refractivity contribution in [3.63, 3.8) is 0 Å². The second-order valence-corrected chi connectivity index (χ2v) is 18.4. The van der Waals surface area contributed by atoms with Crippen molar-refractivity contribution in [3.8, 4) is 0 Å². The summed E-state index contributed by atoms with van der Waals surface area (Å²) in [7, 11) is -5.13. The Morgan fingerprint density at radius 2 is 1.02 bits per heavy atom. The van der Waals surface area contributed by atoms with Crippen molar-refractivity contribution in [1.82, 2.24) is 0 Å². The van der Waals surface area contributed by atoms with Crippen molar-refractivity contribution in [1.29, 1.82) is 0 Å². The van der Waals surface area contributed by atoms with Crippen LogP contribution in [0.1, 0.15) is 181 Å². The summed E-state index contributed by atoms with van der Waals surface area (Å²) in [4.78, 5) is 35.8.